The fourth-order valence-corrected chi connectivity index (χ4v) is 3.17. The van der Waals surface area contributed by atoms with Crippen LogP contribution in [-0.2, 0) is 15.9 Å². The first-order valence-electron chi connectivity index (χ1n) is 4.35. The summed E-state index contributed by atoms with van der Waals surface area (Å²) in [6.07, 6.45) is 0. The molecule has 3 nitrogen and oxygen atoms in total. The molecule has 0 amide bonds. The number of hydrogen-bond acceptors (Lipinski definition) is 4. The van der Waals surface area contributed by atoms with Gasteiger partial charge < -0.3 is 0 Å². The lowest BCUT2D eigenvalue weighted by Crippen LogP contribution is -1.97. The molecule has 0 saturated heterocycles. The highest BCUT2D eigenvalue weighted by molar-refractivity contribution is 8.76. The fraction of sp³-hybridized carbons (Fsp3) is 0.333. The molecule has 6 heteroatoms. The van der Waals surface area contributed by atoms with Gasteiger partial charge in [0.2, 0.25) is 0 Å². The SMILES string of the molecule is CCSSCc1ccc(S(=O)(=O)O)cc1. The third-order valence-corrected chi connectivity index (χ3v) is 4.93. The zero-order valence-electron chi connectivity index (χ0n) is 8.21. The Morgan fingerprint density at radius 1 is 1.20 bits per heavy atom. The molecule has 0 aromatic heterocycles. The van der Waals surface area contributed by atoms with Gasteiger partial charge in [0.05, 0.1) is 4.90 Å². The molecule has 0 spiro atoms. The van der Waals surface area contributed by atoms with Crippen LogP contribution < -0.4 is 0 Å². The zero-order chi connectivity index (χ0) is 11.3. The van der Waals surface area contributed by atoms with Crippen LogP contribution in [-0.4, -0.2) is 18.7 Å². The molecule has 0 saturated carbocycles. The molecule has 0 fully saturated rings. The van der Waals surface area contributed by atoms with Crippen LogP contribution in [0, 0.1) is 0 Å². The Balaban J connectivity index is 2.65. The molecule has 0 radical (unpaired) electrons. The Labute approximate surface area is 97.8 Å². The normalized spacial score (nSPS) is 11.6. The van der Waals surface area contributed by atoms with Crippen molar-refractivity contribution in [1.82, 2.24) is 0 Å². The Bertz CT molecular complexity index is 397. The van der Waals surface area contributed by atoms with E-state index in [2.05, 4.69) is 6.92 Å². The molecular formula is C9H12O3S3. The van der Waals surface area contributed by atoms with E-state index in [1.807, 2.05) is 0 Å². The zero-order valence-corrected chi connectivity index (χ0v) is 10.7. The third kappa shape index (κ3) is 4.46. The maximum absolute atomic E-state index is 10.8. The summed E-state index contributed by atoms with van der Waals surface area (Å²) in [6, 6.07) is 6.27. The van der Waals surface area contributed by atoms with Gasteiger partial charge in [0.15, 0.2) is 0 Å². The molecular weight excluding hydrogens is 252 g/mol. The van der Waals surface area contributed by atoms with E-state index in [9.17, 15) is 8.42 Å². The Hall–Kier alpha value is -0.170. The largest absolute Gasteiger partial charge is 0.294 e. The summed E-state index contributed by atoms with van der Waals surface area (Å²) in [5.74, 6) is 1.89. The molecule has 0 aliphatic carbocycles. The van der Waals surface area contributed by atoms with Crippen LogP contribution >= 0.6 is 21.6 Å². The number of rotatable bonds is 5. The molecule has 1 N–H and O–H groups in total. The van der Waals surface area contributed by atoms with E-state index in [0.29, 0.717) is 0 Å². The molecule has 1 rings (SSSR count). The van der Waals surface area contributed by atoms with Crippen molar-refractivity contribution in [1.29, 1.82) is 0 Å². The van der Waals surface area contributed by atoms with Crippen molar-refractivity contribution in [3.8, 4) is 0 Å². The minimum atomic E-state index is -4.06. The second kappa shape index (κ2) is 5.79. The van der Waals surface area contributed by atoms with Crippen molar-refractivity contribution < 1.29 is 13.0 Å². The summed E-state index contributed by atoms with van der Waals surface area (Å²) in [4.78, 5) is -0.0561. The third-order valence-electron chi connectivity index (χ3n) is 1.65. The predicted molar refractivity (Wildman–Crippen MR) is 65.7 cm³/mol. The average Bonchev–Trinajstić information content (AvgIpc) is 2.18. The lowest BCUT2D eigenvalue weighted by molar-refractivity contribution is 0.483. The van der Waals surface area contributed by atoms with E-state index in [0.717, 1.165) is 17.1 Å². The van der Waals surface area contributed by atoms with Crippen molar-refractivity contribution in [3.05, 3.63) is 29.8 Å². The Kier molecular flexibility index (Phi) is 4.98. The van der Waals surface area contributed by atoms with Gasteiger partial charge in [-0.05, 0) is 17.7 Å². The molecule has 0 heterocycles. The van der Waals surface area contributed by atoms with Gasteiger partial charge in [-0.15, -0.1) is 0 Å². The minimum absolute atomic E-state index is 0.0561. The van der Waals surface area contributed by atoms with Crippen LogP contribution in [0.25, 0.3) is 0 Å². The topological polar surface area (TPSA) is 54.4 Å². The second-order valence-corrected chi connectivity index (χ2v) is 6.96. The first-order valence-corrected chi connectivity index (χ1v) is 8.27. The van der Waals surface area contributed by atoms with E-state index in [4.69, 9.17) is 4.55 Å². The van der Waals surface area contributed by atoms with E-state index < -0.39 is 10.1 Å². The Morgan fingerprint density at radius 3 is 2.27 bits per heavy atom. The van der Waals surface area contributed by atoms with Crippen LogP contribution in [0.4, 0.5) is 0 Å². The summed E-state index contributed by atoms with van der Waals surface area (Å²) in [5, 5.41) is 0. The highest BCUT2D eigenvalue weighted by Gasteiger charge is 2.07. The van der Waals surface area contributed by atoms with Crippen LogP contribution in [0.2, 0.25) is 0 Å². The second-order valence-electron chi connectivity index (χ2n) is 2.79. The summed E-state index contributed by atoms with van der Waals surface area (Å²) in [5.41, 5.74) is 1.05. The first kappa shape index (κ1) is 12.9. The van der Waals surface area contributed by atoms with Gasteiger partial charge >= 0.3 is 0 Å². The molecule has 0 aliphatic heterocycles. The maximum Gasteiger partial charge on any atom is 0.294 e. The monoisotopic (exact) mass is 264 g/mol. The van der Waals surface area contributed by atoms with Gasteiger partial charge in [0.1, 0.15) is 0 Å². The van der Waals surface area contributed by atoms with Crippen LogP contribution in [0.5, 0.6) is 0 Å². The van der Waals surface area contributed by atoms with Gasteiger partial charge in [-0.2, -0.15) is 8.42 Å². The van der Waals surface area contributed by atoms with Gasteiger partial charge in [-0.1, -0.05) is 40.6 Å². The quantitative estimate of drug-likeness (QED) is 0.503. The molecule has 0 unspecified atom stereocenters. The summed E-state index contributed by atoms with van der Waals surface area (Å²) in [6.45, 7) is 2.08. The first-order chi connectivity index (χ1) is 7.04. The standard InChI is InChI=1S/C9H12O3S3/c1-2-13-14-7-8-3-5-9(6-4-8)15(10,11)12/h3-6H,2,7H2,1H3,(H,10,11,12). The summed E-state index contributed by atoms with van der Waals surface area (Å²) >= 11 is 0. The Morgan fingerprint density at radius 2 is 1.80 bits per heavy atom. The van der Waals surface area contributed by atoms with Gasteiger partial charge in [-0.25, -0.2) is 0 Å². The molecule has 0 atom stereocenters. The summed E-state index contributed by atoms with van der Waals surface area (Å²) in [7, 11) is -0.571. The van der Waals surface area contributed by atoms with Gasteiger partial charge in [-0.3, -0.25) is 4.55 Å². The van der Waals surface area contributed by atoms with Crippen molar-refractivity contribution >= 4 is 31.7 Å². The van der Waals surface area contributed by atoms with Gasteiger partial charge in [0.25, 0.3) is 10.1 Å². The van der Waals surface area contributed by atoms with Crippen molar-refractivity contribution in [2.75, 3.05) is 5.75 Å². The van der Waals surface area contributed by atoms with E-state index in [1.165, 1.54) is 12.1 Å². The molecule has 1 aromatic rings. The van der Waals surface area contributed by atoms with Crippen molar-refractivity contribution in [2.45, 2.75) is 17.6 Å². The van der Waals surface area contributed by atoms with E-state index in [1.54, 1.807) is 33.7 Å². The lowest BCUT2D eigenvalue weighted by atomic mass is 10.2. The molecule has 15 heavy (non-hydrogen) atoms. The lowest BCUT2D eigenvalue weighted by Gasteiger charge is -2.01. The van der Waals surface area contributed by atoms with Crippen LogP contribution in [0.1, 0.15) is 12.5 Å². The predicted octanol–water partition coefficient (Wildman–Crippen LogP) is 2.83. The van der Waals surface area contributed by atoms with Crippen molar-refractivity contribution in [2.24, 2.45) is 0 Å². The molecule has 1 aromatic carbocycles. The highest BCUT2D eigenvalue weighted by Crippen LogP contribution is 2.25. The smallest absolute Gasteiger partial charge is 0.282 e. The number of hydrogen-bond donors (Lipinski definition) is 1. The highest BCUT2D eigenvalue weighted by atomic mass is 33.1. The summed E-state index contributed by atoms with van der Waals surface area (Å²) < 4.78 is 30.3. The maximum atomic E-state index is 10.8. The number of benzene rings is 1. The van der Waals surface area contributed by atoms with E-state index >= 15 is 0 Å². The molecule has 0 bridgehead atoms. The molecule has 0 aliphatic rings. The van der Waals surface area contributed by atoms with Crippen LogP contribution in [0.15, 0.2) is 29.2 Å². The van der Waals surface area contributed by atoms with Gasteiger partial charge in [0, 0.05) is 11.5 Å². The minimum Gasteiger partial charge on any atom is -0.282 e. The van der Waals surface area contributed by atoms with Crippen LogP contribution in [0.3, 0.4) is 0 Å². The molecule has 84 valence electrons. The average molecular weight is 264 g/mol. The van der Waals surface area contributed by atoms with E-state index in [-0.39, 0.29) is 4.90 Å². The fourth-order valence-electron chi connectivity index (χ4n) is 0.951. The van der Waals surface area contributed by atoms with Crippen molar-refractivity contribution in [3.63, 3.8) is 0 Å².